The molecular formula is C20H25N3O4. The van der Waals surface area contributed by atoms with Gasteiger partial charge in [-0.25, -0.2) is 0 Å². The normalized spacial score (nSPS) is 15.0. The van der Waals surface area contributed by atoms with Gasteiger partial charge in [0.05, 0.1) is 12.5 Å². The Morgan fingerprint density at radius 1 is 1.30 bits per heavy atom. The van der Waals surface area contributed by atoms with Crippen LogP contribution < -0.4 is 0 Å². The summed E-state index contributed by atoms with van der Waals surface area (Å²) in [5.41, 5.74) is 2.03. The van der Waals surface area contributed by atoms with Crippen LogP contribution in [0.15, 0.2) is 28.8 Å². The maximum Gasteiger partial charge on any atom is 0.309 e. The molecule has 0 aliphatic carbocycles. The molecule has 7 heteroatoms. The first-order chi connectivity index (χ1) is 13.1. The lowest BCUT2D eigenvalue weighted by Crippen LogP contribution is -2.40. The van der Waals surface area contributed by atoms with E-state index < -0.39 is 0 Å². The highest BCUT2D eigenvalue weighted by Crippen LogP contribution is 2.20. The van der Waals surface area contributed by atoms with E-state index in [0.29, 0.717) is 57.1 Å². The molecule has 1 aromatic heterocycles. The van der Waals surface area contributed by atoms with Crippen molar-refractivity contribution in [2.24, 2.45) is 5.92 Å². The number of ether oxygens (including phenoxy) is 1. The topological polar surface area (TPSA) is 85.5 Å². The van der Waals surface area contributed by atoms with Gasteiger partial charge < -0.3 is 14.2 Å². The zero-order valence-electron chi connectivity index (χ0n) is 15.8. The third-order valence-corrected chi connectivity index (χ3v) is 4.76. The molecule has 0 N–H and O–H groups in total. The monoisotopic (exact) mass is 371 g/mol. The fraction of sp³-hybridized carbons (Fsp3) is 0.500. The predicted molar refractivity (Wildman–Crippen MR) is 98.7 cm³/mol. The quantitative estimate of drug-likeness (QED) is 0.726. The van der Waals surface area contributed by atoms with Gasteiger partial charge in [0.15, 0.2) is 0 Å². The average Bonchev–Trinajstić information content (AvgIpc) is 3.15. The molecule has 27 heavy (non-hydrogen) atoms. The summed E-state index contributed by atoms with van der Waals surface area (Å²) in [6, 6.07) is 7.88. The van der Waals surface area contributed by atoms with Gasteiger partial charge >= 0.3 is 5.97 Å². The van der Waals surface area contributed by atoms with Crippen molar-refractivity contribution < 1.29 is 18.8 Å². The zero-order chi connectivity index (χ0) is 19.2. The van der Waals surface area contributed by atoms with Gasteiger partial charge in [0.25, 0.3) is 0 Å². The van der Waals surface area contributed by atoms with Crippen LogP contribution in [-0.4, -0.2) is 46.6 Å². The van der Waals surface area contributed by atoms with E-state index in [0.717, 1.165) is 11.1 Å². The minimum absolute atomic E-state index is 0.0487. The maximum atomic E-state index is 12.4. The number of amides is 1. The predicted octanol–water partition coefficient (Wildman–Crippen LogP) is 2.78. The fourth-order valence-electron chi connectivity index (χ4n) is 3.25. The third kappa shape index (κ3) is 4.93. The van der Waals surface area contributed by atoms with Gasteiger partial charge in [0.2, 0.25) is 17.6 Å². The van der Waals surface area contributed by atoms with Crippen molar-refractivity contribution in [3.05, 3.63) is 35.7 Å². The molecule has 0 bridgehead atoms. The Balaban J connectivity index is 1.48. The van der Waals surface area contributed by atoms with Crippen LogP contribution >= 0.6 is 0 Å². The lowest BCUT2D eigenvalue weighted by molar-refractivity contribution is -0.151. The maximum absolute atomic E-state index is 12.4. The number of carbonyl (C=O) groups excluding carboxylic acids is 2. The molecule has 1 aromatic carbocycles. The lowest BCUT2D eigenvalue weighted by atomic mass is 9.97. The van der Waals surface area contributed by atoms with Gasteiger partial charge in [-0.1, -0.05) is 28.9 Å². The van der Waals surface area contributed by atoms with E-state index >= 15 is 0 Å². The smallest absolute Gasteiger partial charge is 0.309 e. The van der Waals surface area contributed by atoms with Crippen LogP contribution in [0.25, 0.3) is 11.4 Å². The van der Waals surface area contributed by atoms with Crippen LogP contribution in [0.3, 0.4) is 0 Å². The number of carbonyl (C=O) groups is 2. The van der Waals surface area contributed by atoms with E-state index in [2.05, 4.69) is 10.1 Å². The number of likely N-dealkylation sites (tertiary alicyclic amines) is 1. The summed E-state index contributed by atoms with van der Waals surface area (Å²) in [5.74, 6) is 0.797. The Morgan fingerprint density at radius 3 is 2.78 bits per heavy atom. The van der Waals surface area contributed by atoms with Gasteiger partial charge in [-0.3, -0.25) is 9.59 Å². The molecule has 1 saturated heterocycles. The van der Waals surface area contributed by atoms with E-state index in [1.165, 1.54) is 0 Å². The average molecular weight is 371 g/mol. The van der Waals surface area contributed by atoms with Crippen LogP contribution in [0.2, 0.25) is 0 Å². The molecule has 0 atom stereocenters. The number of aromatic nitrogens is 2. The molecular weight excluding hydrogens is 346 g/mol. The number of rotatable bonds is 6. The summed E-state index contributed by atoms with van der Waals surface area (Å²) >= 11 is 0. The van der Waals surface area contributed by atoms with Crippen molar-refractivity contribution in [1.82, 2.24) is 15.0 Å². The van der Waals surface area contributed by atoms with E-state index in [1.54, 1.807) is 11.8 Å². The largest absolute Gasteiger partial charge is 0.466 e. The number of nitrogens with zero attached hydrogens (tertiary/aromatic N) is 3. The van der Waals surface area contributed by atoms with Gasteiger partial charge in [0.1, 0.15) is 0 Å². The summed E-state index contributed by atoms with van der Waals surface area (Å²) in [7, 11) is 0. The fourth-order valence-corrected chi connectivity index (χ4v) is 3.25. The van der Waals surface area contributed by atoms with Crippen LogP contribution in [0, 0.1) is 12.8 Å². The highest BCUT2D eigenvalue weighted by molar-refractivity contribution is 5.77. The number of hydrogen-bond donors (Lipinski definition) is 0. The first kappa shape index (κ1) is 19.1. The van der Waals surface area contributed by atoms with Gasteiger partial charge in [-0.15, -0.1) is 0 Å². The molecule has 7 nitrogen and oxygen atoms in total. The van der Waals surface area contributed by atoms with E-state index in [1.807, 2.05) is 31.2 Å². The molecule has 0 saturated carbocycles. The first-order valence-corrected chi connectivity index (χ1v) is 9.41. The molecule has 1 fully saturated rings. The second kappa shape index (κ2) is 8.79. The van der Waals surface area contributed by atoms with Crippen LogP contribution in [-0.2, 0) is 20.7 Å². The molecule has 3 rings (SSSR count). The second-order valence-corrected chi connectivity index (χ2v) is 6.79. The molecule has 1 aliphatic heterocycles. The van der Waals surface area contributed by atoms with E-state index in [4.69, 9.17) is 9.26 Å². The molecule has 0 radical (unpaired) electrons. The van der Waals surface area contributed by atoms with Crippen molar-refractivity contribution in [3.8, 4) is 11.4 Å². The van der Waals surface area contributed by atoms with E-state index in [-0.39, 0.29) is 17.8 Å². The molecule has 1 amide bonds. The standard InChI is InChI=1S/C20H25N3O4/c1-3-26-20(25)15-9-11-23(12-10-15)18(24)8-7-17-21-19(22-27-17)16-6-4-5-14(2)13-16/h4-6,13,15H,3,7-12H2,1-2H3. The lowest BCUT2D eigenvalue weighted by Gasteiger charge is -2.30. The Morgan fingerprint density at radius 2 is 2.07 bits per heavy atom. The van der Waals surface area contributed by atoms with Gasteiger partial charge in [-0.2, -0.15) is 4.98 Å². The Kier molecular flexibility index (Phi) is 6.21. The van der Waals surface area contributed by atoms with Crippen LogP contribution in [0.5, 0.6) is 0 Å². The van der Waals surface area contributed by atoms with Crippen molar-refractivity contribution >= 4 is 11.9 Å². The minimum atomic E-state index is -0.154. The van der Waals surface area contributed by atoms with Crippen molar-refractivity contribution in [1.29, 1.82) is 0 Å². The van der Waals surface area contributed by atoms with Gasteiger partial charge in [-0.05, 0) is 32.8 Å². The highest BCUT2D eigenvalue weighted by Gasteiger charge is 2.28. The molecule has 0 spiro atoms. The number of hydrogen-bond acceptors (Lipinski definition) is 6. The molecule has 0 unspecified atom stereocenters. The first-order valence-electron chi connectivity index (χ1n) is 9.41. The van der Waals surface area contributed by atoms with Crippen molar-refractivity contribution in [2.45, 2.75) is 39.5 Å². The second-order valence-electron chi connectivity index (χ2n) is 6.79. The number of benzene rings is 1. The number of aryl methyl sites for hydroxylation is 2. The molecule has 2 heterocycles. The zero-order valence-corrected chi connectivity index (χ0v) is 15.8. The molecule has 1 aliphatic rings. The Hall–Kier alpha value is -2.70. The summed E-state index contributed by atoms with van der Waals surface area (Å²) in [6.07, 6.45) is 2.04. The number of esters is 1. The Bertz CT molecular complexity index is 794. The minimum Gasteiger partial charge on any atom is -0.466 e. The third-order valence-electron chi connectivity index (χ3n) is 4.76. The highest BCUT2D eigenvalue weighted by atomic mass is 16.5. The van der Waals surface area contributed by atoms with Crippen molar-refractivity contribution in [2.75, 3.05) is 19.7 Å². The van der Waals surface area contributed by atoms with Crippen LogP contribution in [0.1, 0.15) is 37.6 Å². The number of piperidine rings is 1. The molecule has 2 aromatic rings. The van der Waals surface area contributed by atoms with Crippen LogP contribution in [0.4, 0.5) is 0 Å². The van der Waals surface area contributed by atoms with Crippen molar-refractivity contribution in [3.63, 3.8) is 0 Å². The molecule has 144 valence electrons. The SMILES string of the molecule is CCOC(=O)C1CCN(C(=O)CCc2nc(-c3cccc(C)c3)no2)CC1. The summed E-state index contributed by atoms with van der Waals surface area (Å²) < 4.78 is 10.3. The van der Waals surface area contributed by atoms with Gasteiger partial charge in [0, 0.05) is 31.5 Å². The summed E-state index contributed by atoms with van der Waals surface area (Å²) in [6.45, 7) is 5.38. The van der Waals surface area contributed by atoms with E-state index in [9.17, 15) is 9.59 Å². The Labute approximate surface area is 158 Å². The summed E-state index contributed by atoms with van der Waals surface area (Å²) in [4.78, 5) is 30.4. The summed E-state index contributed by atoms with van der Waals surface area (Å²) in [5, 5.41) is 4.00.